The summed E-state index contributed by atoms with van der Waals surface area (Å²) in [4.78, 5) is 0. The minimum Gasteiger partial charge on any atom is -0.377 e. The van der Waals surface area contributed by atoms with Gasteiger partial charge in [-0.25, -0.2) is 13.1 Å². The Bertz CT molecular complexity index is 404. The quantitative estimate of drug-likeness (QED) is 0.869. The van der Waals surface area contributed by atoms with Crippen molar-refractivity contribution < 1.29 is 13.2 Å². The van der Waals surface area contributed by atoms with Crippen LogP contribution in [-0.4, -0.2) is 33.4 Å². The van der Waals surface area contributed by atoms with E-state index in [2.05, 4.69) is 25.5 Å². The molecule has 0 aliphatic carbocycles. The molecule has 0 aromatic heterocycles. The number of nitrogens with one attached hydrogen (secondary N) is 1. The topological polar surface area (TPSA) is 55.4 Å². The Hall–Kier alpha value is -0.130. The molecule has 2 unspecified atom stereocenters. The third-order valence-corrected chi connectivity index (χ3v) is 5.34. The van der Waals surface area contributed by atoms with Gasteiger partial charge in [0.1, 0.15) is 0 Å². The average Bonchev–Trinajstić information content (AvgIpc) is 2.22. The van der Waals surface area contributed by atoms with Gasteiger partial charge < -0.3 is 4.74 Å². The van der Waals surface area contributed by atoms with Crippen LogP contribution in [-0.2, 0) is 14.8 Å². The van der Waals surface area contributed by atoms with E-state index in [1.54, 1.807) is 0 Å². The van der Waals surface area contributed by atoms with Crippen molar-refractivity contribution in [3.8, 4) is 0 Å². The molecule has 0 radical (unpaired) electrons. The second-order valence-corrected chi connectivity index (χ2v) is 10.0. The summed E-state index contributed by atoms with van der Waals surface area (Å²) in [5.74, 6) is 0.423. The average molecular weight is 305 g/mol. The highest BCUT2D eigenvalue weighted by Crippen LogP contribution is 2.33. The van der Waals surface area contributed by atoms with Crippen molar-refractivity contribution in [3.05, 3.63) is 0 Å². The molecule has 1 heterocycles. The highest BCUT2D eigenvalue weighted by Gasteiger charge is 2.36. The lowest BCUT2D eigenvalue weighted by Gasteiger charge is -2.40. The van der Waals surface area contributed by atoms with Crippen molar-refractivity contribution in [1.82, 2.24) is 4.72 Å². The van der Waals surface area contributed by atoms with Gasteiger partial charge in [-0.3, -0.25) is 0 Å². The van der Waals surface area contributed by atoms with Crippen LogP contribution in [0.2, 0.25) is 0 Å². The first-order chi connectivity index (χ1) is 8.91. The van der Waals surface area contributed by atoms with Crippen LogP contribution in [0.5, 0.6) is 0 Å². The van der Waals surface area contributed by atoms with Gasteiger partial charge in [-0.05, 0) is 29.6 Å². The first-order valence-corrected chi connectivity index (χ1v) is 9.15. The molecule has 120 valence electrons. The SMILES string of the molecule is CC(C)(C)CS(=O)(=O)NCC1CCCOC1C(C)(C)C. The van der Waals surface area contributed by atoms with E-state index in [9.17, 15) is 8.42 Å². The van der Waals surface area contributed by atoms with Crippen LogP contribution in [0.15, 0.2) is 0 Å². The maximum atomic E-state index is 12.1. The molecule has 1 rings (SSSR count). The zero-order chi connectivity index (χ0) is 15.6. The highest BCUT2D eigenvalue weighted by atomic mass is 32.2. The Morgan fingerprint density at radius 1 is 1.15 bits per heavy atom. The monoisotopic (exact) mass is 305 g/mol. The summed E-state index contributed by atoms with van der Waals surface area (Å²) in [5, 5.41) is 0. The second-order valence-electron chi connectivity index (χ2n) is 8.23. The van der Waals surface area contributed by atoms with E-state index in [-0.39, 0.29) is 28.6 Å². The van der Waals surface area contributed by atoms with Crippen molar-refractivity contribution in [3.63, 3.8) is 0 Å². The number of rotatable bonds is 4. The van der Waals surface area contributed by atoms with Crippen molar-refractivity contribution in [2.45, 2.75) is 60.5 Å². The molecular weight excluding hydrogens is 274 g/mol. The molecule has 1 N–H and O–H groups in total. The fourth-order valence-corrected chi connectivity index (χ4v) is 4.57. The standard InChI is InChI=1S/C15H31NO3S/c1-14(2,3)11-20(17,18)16-10-12-8-7-9-19-13(12)15(4,5)6/h12-13,16H,7-11H2,1-6H3. The van der Waals surface area contributed by atoms with Crippen molar-refractivity contribution >= 4 is 10.0 Å². The molecule has 1 aliphatic rings. The Kier molecular flexibility index (Phi) is 5.67. The van der Waals surface area contributed by atoms with Gasteiger partial charge in [0, 0.05) is 13.2 Å². The van der Waals surface area contributed by atoms with Crippen LogP contribution in [0.4, 0.5) is 0 Å². The summed E-state index contributed by atoms with van der Waals surface area (Å²) in [6.45, 7) is 13.5. The number of hydrogen-bond acceptors (Lipinski definition) is 3. The highest BCUT2D eigenvalue weighted by molar-refractivity contribution is 7.89. The first kappa shape index (κ1) is 17.9. The van der Waals surface area contributed by atoms with Gasteiger partial charge in [0.2, 0.25) is 10.0 Å². The molecule has 0 bridgehead atoms. The van der Waals surface area contributed by atoms with Crippen LogP contribution in [0.25, 0.3) is 0 Å². The Labute approximate surface area is 124 Å². The molecule has 0 saturated carbocycles. The van der Waals surface area contributed by atoms with E-state index in [0.717, 1.165) is 19.4 Å². The maximum absolute atomic E-state index is 12.1. The Morgan fingerprint density at radius 2 is 1.75 bits per heavy atom. The number of hydrogen-bond donors (Lipinski definition) is 1. The molecule has 20 heavy (non-hydrogen) atoms. The molecule has 0 aromatic rings. The molecular formula is C15H31NO3S. The van der Waals surface area contributed by atoms with E-state index in [1.165, 1.54) is 0 Å². The molecule has 1 saturated heterocycles. The lowest BCUT2D eigenvalue weighted by molar-refractivity contribution is -0.0833. The van der Waals surface area contributed by atoms with Crippen LogP contribution in [0.1, 0.15) is 54.4 Å². The summed E-state index contributed by atoms with van der Waals surface area (Å²) in [6.07, 6.45) is 2.16. The van der Waals surface area contributed by atoms with Gasteiger partial charge in [-0.15, -0.1) is 0 Å². The molecule has 5 heteroatoms. The van der Waals surface area contributed by atoms with Crippen LogP contribution in [0.3, 0.4) is 0 Å². The third kappa shape index (κ3) is 6.10. The van der Waals surface area contributed by atoms with Crippen molar-refractivity contribution in [2.75, 3.05) is 18.9 Å². The molecule has 1 aliphatic heterocycles. The van der Waals surface area contributed by atoms with E-state index in [4.69, 9.17) is 4.74 Å². The minimum atomic E-state index is -3.21. The smallest absolute Gasteiger partial charge is 0.212 e. The van der Waals surface area contributed by atoms with Crippen molar-refractivity contribution in [2.24, 2.45) is 16.7 Å². The summed E-state index contributed by atoms with van der Waals surface area (Å²) >= 11 is 0. The van der Waals surface area contributed by atoms with E-state index < -0.39 is 10.0 Å². The molecule has 0 spiro atoms. The number of sulfonamides is 1. The Balaban J connectivity index is 2.63. The minimum absolute atomic E-state index is 0.0422. The van der Waals surface area contributed by atoms with Crippen LogP contribution >= 0.6 is 0 Å². The number of ether oxygens (including phenoxy) is 1. The zero-order valence-corrected chi connectivity index (χ0v) is 14.6. The molecule has 1 fully saturated rings. The van der Waals surface area contributed by atoms with Crippen LogP contribution in [0, 0.1) is 16.7 Å². The summed E-state index contributed by atoms with van der Waals surface area (Å²) < 4.78 is 32.9. The second kappa shape index (κ2) is 6.32. The molecule has 2 atom stereocenters. The van der Waals surface area contributed by atoms with E-state index >= 15 is 0 Å². The van der Waals surface area contributed by atoms with Gasteiger partial charge in [-0.2, -0.15) is 0 Å². The van der Waals surface area contributed by atoms with E-state index in [0.29, 0.717) is 6.54 Å². The fourth-order valence-electron chi connectivity index (χ4n) is 2.86. The van der Waals surface area contributed by atoms with Crippen LogP contribution < -0.4 is 4.72 Å². The molecule has 4 nitrogen and oxygen atoms in total. The van der Waals surface area contributed by atoms with Gasteiger partial charge >= 0.3 is 0 Å². The summed E-state index contributed by atoms with van der Waals surface area (Å²) in [5.41, 5.74) is -0.182. The maximum Gasteiger partial charge on any atom is 0.212 e. The largest absolute Gasteiger partial charge is 0.377 e. The lowest BCUT2D eigenvalue weighted by Crippen LogP contribution is -2.46. The van der Waals surface area contributed by atoms with Gasteiger partial charge in [0.05, 0.1) is 11.9 Å². The molecule has 0 amide bonds. The predicted molar refractivity (Wildman–Crippen MR) is 83.2 cm³/mol. The third-order valence-electron chi connectivity index (χ3n) is 3.49. The fraction of sp³-hybridized carbons (Fsp3) is 1.00. The molecule has 0 aromatic carbocycles. The van der Waals surface area contributed by atoms with E-state index in [1.807, 2.05) is 20.8 Å². The normalized spacial score (nSPS) is 25.7. The summed E-state index contributed by atoms with van der Waals surface area (Å²) in [6, 6.07) is 0. The lowest BCUT2D eigenvalue weighted by atomic mass is 9.78. The van der Waals surface area contributed by atoms with Gasteiger partial charge in [0.15, 0.2) is 0 Å². The first-order valence-electron chi connectivity index (χ1n) is 7.50. The van der Waals surface area contributed by atoms with Gasteiger partial charge in [-0.1, -0.05) is 41.5 Å². The summed E-state index contributed by atoms with van der Waals surface area (Å²) in [7, 11) is -3.21. The van der Waals surface area contributed by atoms with Gasteiger partial charge in [0.25, 0.3) is 0 Å². The van der Waals surface area contributed by atoms with Crippen molar-refractivity contribution in [1.29, 1.82) is 0 Å². The predicted octanol–water partition coefficient (Wildman–Crippen LogP) is 2.79. The Morgan fingerprint density at radius 3 is 2.25 bits per heavy atom. The zero-order valence-electron chi connectivity index (χ0n) is 13.8.